The van der Waals surface area contributed by atoms with E-state index in [1.54, 1.807) is 27.4 Å². The zero-order valence-electron chi connectivity index (χ0n) is 19.2. The molecule has 1 aliphatic rings. The van der Waals surface area contributed by atoms with E-state index >= 15 is 0 Å². The van der Waals surface area contributed by atoms with Gasteiger partial charge in [0.2, 0.25) is 20.7 Å². The third-order valence-corrected chi connectivity index (χ3v) is 7.95. The molecule has 3 heterocycles. The number of piperazine rings is 1. The van der Waals surface area contributed by atoms with Gasteiger partial charge in [-0.2, -0.15) is 9.40 Å². The van der Waals surface area contributed by atoms with E-state index in [-0.39, 0.29) is 16.8 Å². The number of nitrogens with zero attached hydrogens (tertiary/aromatic N) is 6. The van der Waals surface area contributed by atoms with Gasteiger partial charge in [0.05, 0.1) is 18.1 Å². The largest absolute Gasteiger partial charge is 0.353 e. The fraction of sp³-hybridized carbons (Fsp3) is 0.650. The highest BCUT2D eigenvalue weighted by atomic mass is 32.2. The molecule has 3 rings (SSSR count). The van der Waals surface area contributed by atoms with Gasteiger partial charge in [0.1, 0.15) is 0 Å². The van der Waals surface area contributed by atoms with Crippen molar-refractivity contribution in [3.63, 3.8) is 0 Å². The third kappa shape index (κ3) is 5.54. The first-order chi connectivity index (χ1) is 15.1. The third-order valence-electron chi connectivity index (χ3n) is 5.51. The van der Waals surface area contributed by atoms with Crippen LogP contribution in [-0.2, 0) is 21.5 Å². The molecule has 32 heavy (non-hydrogen) atoms. The van der Waals surface area contributed by atoms with Crippen LogP contribution in [0.3, 0.4) is 0 Å². The van der Waals surface area contributed by atoms with E-state index in [9.17, 15) is 13.2 Å². The molecule has 1 fully saturated rings. The van der Waals surface area contributed by atoms with Crippen molar-refractivity contribution >= 4 is 33.8 Å². The second kappa shape index (κ2) is 10.4. The Morgan fingerprint density at radius 1 is 1.16 bits per heavy atom. The first-order valence-electron chi connectivity index (χ1n) is 11.0. The monoisotopic (exact) mass is 483 g/mol. The molecule has 1 amide bonds. The highest BCUT2D eigenvalue weighted by Gasteiger charge is 2.23. The van der Waals surface area contributed by atoms with Gasteiger partial charge in [-0.1, -0.05) is 13.8 Å². The fourth-order valence-electron chi connectivity index (χ4n) is 3.81. The number of carbonyl (C=O) groups is 1. The maximum atomic E-state index is 12.8. The molecule has 1 aliphatic heterocycles. The Morgan fingerprint density at radius 2 is 1.78 bits per heavy atom. The number of sulfonamides is 1. The summed E-state index contributed by atoms with van der Waals surface area (Å²) >= 11 is 5.59. The summed E-state index contributed by atoms with van der Waals surface area (Å²) in [5.74, 6) is 0.0477. The van der Waals surface area contributed by atoms with E-state index in [4.69, 9.17) is 12.2 Å². The molecular weight excluding hydrogens is 450 g/mol. The number of amides is 1. The lowest BCUT2D eigenvalue weighted by Crippen LogP contribution is -2.50. The number of hydrogen-bond donors (Lipinski definition) is 1. The quantitative estimate of drug-likeness (QED) is 0.532. The number of aromatic nitrogens is 3. The van der Waals surface area contributed by atoms with E-state index in [1.165, 1.54) is 4.31 Å². The standard InChI is InChI=1S/C20H33N7O3S2/c1-5-25(6-2)32(29,30)17-7-8-18-22-27(20(31)26(18)13-17)15-24-11-9-23(10-12-24)14-19(28)21-16(3)4/h7-8,13,16H,5-6,9-12,14-15H2,1-4H3,(H,21,28). The molecule has 0 aliphatic carbocycles. The highest BCUT2D eigenvalue weighted by Crippen LogP contribution is 2.17. The summed E-state index contributed by atoms with van der Waals surface area (Å²) in [4.78, 5) is 16.5. The average Bonchev–Trinajstić information content (AvgIpc) is 3.04. The van der Waals surface area contributed by atoms with Gasteiger partial charge >= 0.3 is 0 Å². The first kappa shape index (κ1) is 24.8. The van der Waals surface area contributed by atoms with Gasteiger partial charge in [-0.25, -0.2) is 13.1 Å². The molecule has 12 heteroatoms. The van der Waals surface area contributed by atoms with Gasteiger partial charge in [-0.05, 0) is 38.2 Å². The molecule has 0 saturated carbocycles. The minimum absolute atomic E-state index is 0.0477. The summed E-state index contributed by atoms with van der Waals surface area (Å²) < 4.78 is 30.9. The van der Waals surface area contributed by atoms with Crippen molar-refractivity contribution in [2.75, 3.05) is 45.8 Å². The Morgan fingerprint density at radius 3 is 2.38 bits per heavy atom. The zero-order valence-corrected chi connectivity index (χ0v) is 20.8. The molecule has 0 radical (unpaired) electrons. The number of fused-ring (bicyclic) bond motifs is 1. The molecule has 0 spiro atoms. The van der Waals surface area contributed by atoms with E-state index in [2.05, 4.69) is 20.2 Å². The topological polar surface area (TPSA) is 95.2 Å². The molecule has 0 unspecified atom stereocenters. The Kier molecular flexibility index (Phi) is 8.04. The van der Waals surface area contributed by atoms with Crippen molar-refractivity contribution in [1.82, 2.24) is 33.6 Å². The lowest BCUT2D eigenvalue weighted by molar-refractivity contribution is -0.123. The van der Waals surface area contributed by atoms with Crippen LogP contribution in [0.1, 0.15) is 27.7 Å². The molecule has 2 aromatic rings. The van der Waals surface area contributed by atoms with E-state index in [0.29, 0.717) is 36.7 Å². The predicted molar refractivity (Wildman–Crippen MR) is 125 cm³/mol. The van der Waals surface area contributed by atoms with Crippen LogP contribution in [0.15, 0.2) is 23.2 Å². The van der Waals surface area contributed by atoms with Crippen LogP contribution in [0, 0.1) is 4.77 Å². The molecule has 178 valence electrons. The lowest BCUT2D eigenvalue weighted by Gasteiger charge is -2.34. The van der Waals surface area contributed by atoms with E-state index in [0.717, 1.165) is 26.2 Å². The number of nitrogens with one attached hydrogen (secondary N) is 1. The first-order valence-corrected chi connectivity index (χ1v) is 12.8. The summed E-state index contributed by atoms with van der Waals surface area (Å²) in [5.41, 5.74) is 0.609. The van der Waals surface area contributed by atoms with Crippen molar-refractivity contribution in [1.29, 1.82) is 0 Å². The van der Waals surface area contributed by atoms with Crippen LogP contribution in [0.5, 0.6) is 0 Å². The Labute approximate surface area is 194 Å². The summed E-state index contributed by atoms with van der Waals surface area (Å²) in [5, 5.41) is 7.48. The number of carbonyl (C=O) groups excluding carboxylic acids is 1. The molecule has 0 atom stereocenters. The summed E-state index contributed by atoms with van der Waals surface area (Å²) in [6.07, 6.45) is 1.56. The van der Waals surface area contributed by atoms with Gasteiger partial charge in [-0.3, -0.25) is 19.0 Å². The van der Waals surface area contributed by atoms with Crippen LogP contribution < -0.4 is 5.32 Å². The summed E-state index contributed by atoms with van der Waals surface area (Å²) in [6, 6.07) is 3.41. The lowest BCUT2D eigenvalue weighted by atomic mass is 10.3. The second-order valence-electron chi connectivity index (χ2n) is 8.22. The molecule has 2 aromatic heterocycles. The summed E-state index contributed by atoms with van der Waals surface area (Å²) in [6.45, 7) is 12.5. The minimum atomic E-state index is -3.57. The zero-order chi connectivity index (χ0) is 23.5. The van der Waals surface area contributed by atoms with Crippen LogP contribution in [0.4, 0.5) is 0 Å². The van der Waals surface area contributed by atoms with Crippen LogP contribution >= 0.6 is 12.2 Å². The van der Waals surface area contributed by atoms with E-state index in [1.807, 2.05) is 27.7 Å². The Hall–Kier alpha value is -1.86. The second-order valence-corrected chi connectivity index (χ2v) is 10.5. The van der Waals surface area contributed by atoms with E-state index < -0.39 is 10.0 Å². The SMILES string of the molecule is CCN(CC)S(=O)(=O)c1ccc2nn(CN3CCN(CC(=O)NC(C)C)CC3)c(=S)n2c1. The molecule has 1 N–H and O–H groups in total. The summed E-state index contributed by atoms with van der Waals surface area (Å²) in [7, 11) is -3.57. The minimum Gasteiger partial charge on any atom is -0.353 e. The van der Waals surface area contributed by atoms with Gasteiger partial charge in [0.15, 0.2) is 5.65 Å². The smallest absolute Gasteiger partial charge is 0.244 e. The van der Waals surface area contributed by atoms with Crippen molar-refractivity contribution in [3.8, 4) is 0 Å². The Balaban J connectivity index is 1.69. The van der Waals surface area contributed by atoms with Crippen molar-refractivity contribution in [2.45, 2.75) is 45.3 Å². The average molecular weight is 484 g/mol. The number of rotatable bonds is 9. The molecule has 0 bridgehead atoms. The molecule has 0 aromatic carbocycles. The van der Waals surface area contributed by atoms with Crippen LogP contribution in [0.2, 0.25) is 0 Å². The van der Waals surface area contributed by atoms with Gasteiger partial charge in [0.25, 0.3) is 0 Å². The van der Waals surface area contributed by atoms with Crippen molar-refractivity contribution < 1.29 is 13.2 Å². The van der Waals surface area contributed by atoms with Crippen molar-refractivity contribution in [2.24, 2.45) is 0 Å². The number of pyridine rings is 1. The van der Waals surface area contributed by atoms with Gasteiger partial charge < -0.3 is 5.32 Å². The fourth-order valence-corrected chi connectivity index (χ4v) is 5.51. The molecule has 1 saturated heterocycles. The normalized spacial score (nSPS) is 16.3. The van der Waals surface area contributed by atoms with Crippen LogP contribution in [-0.4, -0.2) is 94.5 Å². The highest BCUT2D eigenvalue weighted by molar-refractivity contribution is 7.89. The van der Waals surface area contributed by atoms with Gasteiger partial charge in [-0.15, -0.1) is 0 Å². The van der Waals surface area contributed by atoms with Gasteiger partial charge in [0, 0.05) is 51.5 Å². The molecular formula is C20H33N7O3S2. The predicted octanol–water partition coefficient (Wildman–Crippen LogP) is 0.995. The maximum absolute atomic E-state index is 12.8. The Bertz CT molecular complexity index is 1100. The molecule has 10 nitrogen and oxygen atoms in total. The number of hydrogen-bond acceptors (Lipinski definition) is 7. The van der Waals surface area contributed by atoms with Crippen LogP contribution in [0.25, 0.3) is 5.65 Å². The van der Waals surface area contributed by atoms with Crippen molar-refractivity contribution in [3.05, 3.63) is 23.1 Å². The maximum Gasteiger partial charge on any atom is 0.244 e.